The first kappa shape index (κ1) is 10.8. The van der Waals surface area contributed by atoms with Crippen LogP contribution in [0.2, 0.25) is 0 Å². The van der Waals surface area contributed by atoms with Gasteiger partial charge < -0.3 is 20.7 Å². The highest BCUT2D eigenvalue weighted by atomic mass is 16.4. The Morgan fingerprint density at radius 2 is 2.00 bits per heavy atom. The van der Waals surface area contributed by atoms with Crippen LogP contribution in [0.4, 0.5) is 0 Å². The number of rotatable bonds is 2. The molecule has 0 aromatic rings. The van der Waals surface area contributed by atoms with Crippen molar-refractivity contribution >= 4 is 11.7 Å². The van der Waals surface area contributed by atoms with Gasteiger partial charge in [-0.1, -0.05) is 5.16 Å². The highest BCUT2D eigenvalue weighted by Crippen LogP contribution is 2.01. The van der Waals surface area contributed by atoms with Crippen LogP contribution in [0.1, 0.15) is 6.42 Å². The van der Waals surface area contributed by atoms with Crippen LogP contribution in [-0.2, 0) is 4.79 Å². The SMILES string of the molecule is CN1CCN(C(=O)C/C(N)=N\O)CC1. The highest BCUT2D eigenvalue weighted by molar-refractivity contribution is 5.98. The lowest BCUT2D eigenvalue weighted by Gasteiger charge is -2.32. The van der Waals surface area contributed by atoms with Crippen LogP contribution in [0.3, 0.4) is 0 Å². The summed E-state index contributed by atoms with van der Waals surface area (Å²) in [4.78, 5) is 15.4. The summed E-state index contributed by atoms with van der Waals surface area (Å²) in [5, 5.41) is 11.1. The van der Waals surface area contributed by atoms with Gasteiger partial charge in [-0.25, -0.2) is 0 Å². The zero-order valence-corrected chi connectivity index (χ0v) is 8.31. The lowest BCUT2D eigenvalue weighted by Crippen LogP contribution is -2.47. The van der Waals surface area contributed by atoms with Gasteiger partial charge in [0.15, 0.2) is 0 Å². The maximum atomic E-state index is 11.5. The van der Waals surface area contributed by atoms with E-state index in [-0.39, 0.29) is 18.2 Å². The quantitative estimate of drug-likeness (QED) is 0.256. The number of likely N-dealkylation sites (N-methyl/N-ethyl adjacent to an activating group) is 1. The molecule has 0 bridgehead atoms. The van der Waals surface area contributed by atoms with E-state index in [9.17, 15) is 4.79 Å². The predicted octanol–water partition coefficient (Wildman–Crippen LogP) is -1.10. The molecule has 3 N–H and O–H groups in total. The minimum Gasteiger partial charge on any atom is -0.409 e. The van der Waals surface area contributed by atoms with Gasteiger partial charge in [-0.05, 0) is 7.05 Å². The average molecular weight is 200 g/mol. The lowest BCUT2D eigenvalue weighted by atomic mass is 10.3. The summed E-state index contributed by atoms with van der Waals surface area (Å²) in [5.74, 6) is -0.109. The van der Waals surface area contributed by atoms with Crippen molar-refractivity contribution in [1.82, 2.24) is 9.80 Å². The van der Waals surface area contributed by atoms with Crippen molar-refractivity contribution in [1.29, 1.82) is 0 Å². The van der Waals surface area contributed by atoms with E-state index < -0.39 is 0 Å². The molecule has 0 saturated carbocycles. The molecule has 1 saturated heterocycles. The third-order valence-electron chi connectivity index (χ3n) is 2.32. The highest BCUT2D eigenvalue weighted by Gasteiger charge is 2.19. The molecule has 1 aliphatic rings. The summed E-state index contributed by atoms with van der Waals surface area (Å²) in [6.07, 6.45) is 0.000213. The summed E-state index contributed by atoms with van der Waals surface area (Å²) < 4.78 is 0. The van der Waals surface area contributed by atoms with Crippen LogP contribution in [0, 0.1) is 0 Å². The van der Waals surface area contributed by atoms with Crippen LogP contribution in [-0.4, -0.2) is 60.0 Å². The van der Waals surface area contributed by atoms with Gasteiger partial charge in [-0.3, -0.25) is 4.79 Å². The number of hydrogen-bond donors (Lipinski definition) is 2. The standard InChI is InChI=1S/C8H16N4O2/c1-11-2-4-12(5-3-11)8(13)6-7(9)10-14/h14H,2-6H2,1H3,(H2,9,10). The Labute approximate surface area is 83.0 Å². The van der Waals surface area contributed by atoms with E-state index in [4.69, 9.17) is 10.9 Å². The summed E-state index contributed by atoms with van der Waals surface area (Å²) in [7, 11) is 2.02. The second-order valence-corrected chi connectivity index (χ2v) is 3.45. The molecule has 0 unspecified atom stereocenters. The maximum absolute atomic E-state index is 11.5. The smallest absolute Gasteiger partial charge is 0.230 e. The normalized spacial score (nSPS) is 19.8. The number of nitrogens with two attached hydrogens (primary N) is 1. The number of carbonyl (C=O) groups is 1. The van der Waals surface area contributed by atoms with Crippen LogP contribution in [0.25, 0.3) is 0 Å². The Kier molecular flexibility index (Phi) is 3.70. The van der Waals surface area contributed by atoms with Gasteiger partial charge in [0.05, 0.1) is 6.42 Å². The monoisotopic (exact) mass is 200 g/mol. The molecule has 1 rings (SSSR count). The molecule has 1 amide bonds. The van der Waals surface area contributed by atoms with Gasteiger partial charge in [0, 0.05) is 26.2 Å². The van der Waals surface area contributed by atoms with Crippen molar-refractivity contribution in [2.45, 2.75) is 6.42 Å². The maximum Gasteiger partial charge on any atom is 0.230 e. The van der Waals surface area contributed by atoms with Crippen molar-refractivity contribution in [3.05, 3.63) is 0 Å². The van der Waals surface area contributed by atoms with Crippen molar-refractivity contribution in [3.8, 4) is 0 Å². The third kappa shape index (κ3) is 2.88. The van der Waals surface area contributed by atoms with E-state index in [1.165, 1.54) is 0 Å². The van der Waals surface area contributed by atoms with Gasteiger partial charge >= 0.3 is 0 Å². The predicted molar refractivity (Wildman–Crippen MR) is 52.1 cm³/mol. The van der Waals surface area contributed by atoms with E-state index in [2.05, 4.69) is 10.1 Å². The molecular formula is C8H16N4O2. The number of amidine groups is 1. The molecule has 0 atom stereocenters. The summed E-state index contributed by atoms with van der Waals surface area (Å²) >= 11 is 0. The summed E-state index contributed by atoms with van der Waals surface area (Å²) in [6.45, 7) is 3.19. The number of piperazine rings is 1. The first-order valence-electron chi connectivity index (χ1n) is 4.56. The molecule has 0 aromatic heterocycles. The minimum atomic E-state index is -0.0756. The van der Waals surface area contributed by atoms with Crippen LogP contribution < -0.4 is 5.73 Å². The molecule has 1 heterocycles. The Morgan fingerprint density at radius 3 is 2.50 bits per heavy atom. The van der Waals surface area contributed by atoms with Gasteiger partial charge in [-0.15, -0.1) is 0 Å². The second-order valence-electron chi connectivity index (χ2n) is 3.45. The van der Waals surface area contributed by atoms with Crippen LogP contribution >= 0.6 is 0 Å². The molecule has 1 aliphatic heterocycles. The molecule has 6 nitrogen and oxygen atoms in total. The number of nitrogens with zero attached hydrogens (tertiary/aromatic N) is 3. The average Bonchev–Trinajstić information content (AvgIpc) is 2.18. The van der Waals surface area contributed by atoms with Crippen LogP contribution in [0.5, 0.6) is 0 Å². The molecule has 0 radical (unpaired) electrons. The molecule has 80 valence electrons. The van der Waals surface area contributed by atoms with Crippen molar-refractivity contribution < 1.29 is 10.0 Å². The lowest BCUT2D eigenvalue weighted by molar-refractivity contribution is -0.131. The summed E-state index contributed by atoms with van der Waals surface area (Å²) in [6, 6.07) is 0. The number of carbonyl (C=O) groups excluding carboxylic acids is 1. The van der Waals surface area contributed by atoms with E-state index in [1.807, 2.05) is 7.05 Å². The Hall–Kier alpha value is -1.30. The largest absolute Gasteiger partial charge is 0.409 e. The fourth-order valence-electron chi connectivity index (χ4n) is 1.36. The van der Waals surface area contributed by atoms with E-state index >= 15 is 0 Å². The number of oxime groups is 1. The van der Waals surface area contributed by atoms with Crippen LogP contribution in [0.15, 0.2) is 5.16 Å². The zero-order valence-electron chi connectivity index (χ0n) is 8.31. The van der Waals surface area contributed by atoms with E-state index in [0.29, 0.717) is 13.1 Å². The fourth-order valence-corrected chi connectivity index (χ4v) is 1.36. The molecule has 6 heteroatoms. The molecule has 0 aliphatic carbocycles. The number of hydrogen-bond acceptors (Lipinski definition) is 4. The zero-order chi connectivity index (χ0) is 10.6. The van der Waals surface area contributed by atoms with Crippen molar-refractivity contribution in [2.75, 3.05) is 33.2 Å². The van der Waals surface area contributed by atoms with Gasteiger partial charge in [0.25, 0.3) is 0 Å². The minimum absolute atomic E-state index is 0.000213. The van der Waals surface area contributed by atoms with Crippen molar-refractivity contribution in [2.24, 2.45) is 10.9 Å². The topological polar surface area (TPSA) is 82.2 Å². The molecule has 0 spiro atoms. The Morgan fingerprint density at radius 1 is 1.43 bits per heavy atom. The number of amides is 1. The van der Waals surface area contributed by atoms with E-state index in [0.717, 1.165) is 13.1 Å². The second kappa shape index (κ2) is 4.80. The van der Waals surface area contributed by atoms with Gasteiger partial charge in [-0.2, -0.15) is 0 Å². The summed E-state index contributed by atoms with van der Waals surface area (Å²) in [5.41, 5.74) is 5.25. The molecule has 1 fully saturated rings. The van der Waals surface area contributed by atoms with E-state index in [1.54, 1.807) is 4.90 Å². The van der Waals surface area contributed by atoms with Crippen molar-refractivity contribution in [3.63, 3.8) is 0 Å². The fraction of sp³-hybridized carbons (Fsp3) is 0.750. The first-order chi connectivity index (χ1) is 6.63. The molecule has 14 heavy (non-hydrogen) atoms. The third-order valence-corrected chi connectivity index (χ3v) is 2.32. The molecular weight excluding hydrogens is 184 g/mol. The Bertz CT molecular complexity index is 233. The Balaban J connectivity index is 2.38. The molecule has 0 aromatic carbocycles. The first-order valence-corrected chi connectivity index (χ1v) is 4.56. The van der Waals surface area contributed by atoms with Gasteiger partial charge in [0.1, 0.15) is 5.84 Å². The van der Waals surface area contributed by atoms with Gasteiger partial charge in [0.2, 0.25) is 5.91 Å².